The van der Waals surface area contributed by atoms with Crippen molar-refractivity contribution in [1.29, 1.82) is 0 Å². The number of hydrogen-bond donors (Lipinski definition) is 2. The Morgan fingerprint density at radius 2 is 1.85 bits per heavy atom. The Kier molecular flexibility index (Phi) is 3.50. The number of hydrazine groups is 1. The molecule has 3 N–H and O–H groups in total. The predicted octanol–water partition coefficient (Wildman–Crippen LogP) is 3.32. The van der Waals surface area contributed by atoms with Crippen molar-refractivity contribution in [2.45, 2.75) is 12.5 Å². The molecule has 0 bridgehead atoms. The van der Waals surface area contributed by atoms with E-state index in [1.54, 1.807) is 18.4 Å². The third-order valence-corrected chi connectivity index (χ3v) is 3.44. The fraction of sp³-hybridized carbons (Fsp3) is 0.125. The molecule has 0 radical (unpaired) electrons. The van der Waals surface area contributed by atoms with Crippen molar-refractivity contribution in [2.75, 3.05) is 0 Å². The molecule has 0 saturated carbocycles. The van der Waals surface area contributed by atoms with Crippen LogP contribution in [-0.4, -0.2) is 0 Å². The van der Waals surface area contributed by atoms with Gasteiger partial charge in [-0.25, -0.2) is 4.39 Å². The van der Waals surface area contributed by atoms with Crippen LogP contribution in [0.1, 0.15) is 17.2 Å². The van der Waals surface area contributed by atoms with E-state index in [0.29, 0.717) is 6.42 Å². The maximum Gasteiger partial charge on any atom is 0.134 e. The summed E-state index contributed by atoms with van der Waals surface area (Å²) >= 11 is 0. The molecule has 0 saturated heterocycles. The molecule has 0 spiro atoms. The first-order valence-corrected chi connectivity index (χ1v) is 6.44. The second-order valence-electron chi connectivity index (χ2n) is 4.74. The van der Waals surface area contributed by atoms with Gasteiger partial charge in [0.05, 0.1) is 12.3 Å². The molecule has 0 aliphatic heterocycles. The summed E-state index contributed by atoms with van der Waals surface area (Å²) in [5.41, 5.74) is 5.66. The van der Waals surface area contributed by atoms with Crippen LogP contribution < -0.4 is 11.3 Å². The molecule has 0 aliphatic rings. The lowest BCUT2D eigenvalue weighted by Crippen LogP contribution is -2.29. The van der Waals surface area contributed by atoms with Gasteiger partial charge in [0.15, 0.2) is 0 Å². The summed E-state index contributed by atoms with van der Waals surface area (Å²) in [7, 11) is 0. The zero-order valence-electron chi connectivity index (χ0n) is 10.8. The number of furan rings is 1. The van der Waals surface area contributed by atoms with Gasteiger partial charge in [-0.3, -0.25) is 11.3 Å². The van der Waals surface area contributed by atoms with Gasteiger partial charge in [-0.1, -0.05) is 30.3 Å². The highest BCUT2D eigenvalue weighted by Crippen LogP contribution is 2.28. The second-order valence-corrected chi connectivity index (χ2v) is 4.74. The molecule has 1 aromatic heterocycles. The monoisotopic (exact) mass is 270 g/mol. The van der Waals surface area contributed by atoms with Crippen molar-refractivity contribution in [3.63, 3.8) is 0 Å². The van der Waals surface area contributed by atoms with Gasteiger partial charge >= 0.3 is 0 Å². The van der Waals surface area contributed by atoms with E-state index in [2.05, 4.69) is 5.43 Å². The van der Waals surface area contributed by atoms with Gasteiger partial charge in [0, 0.05) is 10.9 Å². The highest BCUT2D eigenvalue weighted by molar-refractivity contribution is 5.81. The second kappa shape index (κ2) is 5.45. The first-order valence-electron chi connectivity index (χ1n) is 6.44. The van der Waals surface area contributed by atoms with Crippen molar-refractivity contribution in [2.24, 2.45) is 5.84 Å². The average molecular weight is 270 g/mol. The predicted molar refractivity (Wildman–Crippen MR) is 76.4 cm³/mol. The van der Waals surface area contributed by atoms with Crippen LogP contribution in [0.15, 0.2) is 59.2 Å². The van der Waals surface area contributed by atoms with Crippen molar-refractivity contribution in [1.82, 2.24) is 5.43 Å². The Balaban J connectivity index is 1.91. The third-order valence-electron chi connectivity index (χ3n) is 3.44. The molecule has 0 amide bonds. The summed E-state index contributed by atoms with van der Waals surface area (Å²) in [6.07, 6.45) is 2.39. The molecule has 0 fully saturated rings. The minimum Gasteiger partial charge on any atom is -0.464 e. The lowest BCUT2D eigenvalue weighted by molar-refractivity contribution is 0.536. The van der Waals surface area contributed by atoms with E-state index in [9.17, 15) is 4.39 Å². The van der Waals surface area contributed by atoms with Crippen LogP contribution in [-0.2, 0) is 6.42 Å². The van der Waals surface area contributed by atoms with Gasteiger partial charge < -0.3 is 4.42 Å². The first kappa shape index (κ1) is 12.8. The minimum absolute atomic E-state index is 0.0795. The quantitative estimate of drug-likeness (QED) is 0.565. The number of nitrogens with one attached hydrogen (secondary N) is 1. The Labute approximate surface area is 116 Å². The number of hydrogen-bond acceptors (Lipinski definition) is 3. The number of para-hydroxylation sites is 1. The smallest absolute Gasteiger partial charge is 0.134 e. The number of fused-ring (bicyclic) bond motifs is 1. The highest BCUT2D eigenvalue weighted by Gasteiger charge is 2.16. The Morgan fingerprint density at radius 3 is 2.60 bits per heavy atom. The summed E-state index contributed by atoms with van der Waals surface area (Å²) in [5, 5.41) is 1.04. The van der Waals surface area contributed by atoms with Crippen molar-refractivity contribution >= 4 is 11.0 Å². The topological polar surface area (TPSA) is 51.2 Å². The van der Waals surface area contributed by atoms with Crippen LogP contribution in [0.2, 0.25) is 0 Å². The van der Waals surface area contributed by atoms with Crippen molar-refractivity contribution < 1.29 is 8.81 Å². The number of rotatable bonds is 4. The summed E-state index contributed by atoms with van der Waals surface area (Å²) < 4.78 is 18.5. The highest BCUT2D eigenvalue weighted by atomic mass is 19.1. The van der Waals surface area contributed by atoms with E-state index in [-0.39, 0.29) is 11.9 Å². The Bertz CT molecular complexity index is 706. The fourth-order valence-corrected chi connectivity index (χ4v) is 2.38. The van der Waals surface area contributed by atoms with E-state index >= 15 is 0 Å². The molecular formula is C16H15FN2O. The molecule has 20 heavy (non-hydrogen) atoms. The molecule has 102 valence electrons. The SMILES string of the molecule is NNC(Cc1ccc(F)cc1)c1coc2ccccc12. The van der Waals surface area contributed by atoms with Gasteiger partial charge in [0.2, 0.25) is 0 Å². The van der Waals surface area contributed by atoms with Crippen LogP contribution in [0.5, 0.6) is 0 Å². The summed E-state index contributed by atoms with van der Waals surface area (Å²) in [6.45, 7) is 0. The number of halogens is 1. The molecule has 4 heteroatoms. The lowest BCUT2D eigenvalue weighted by Gasteiger charge is -2.14. The fourth-order valence-electron chi connectivity index (χ4n) is 2.38. The van der Waals surface area contributed by atoms with Crippen LogP contribution in [0.25, 0.3) is 11.0 Å². The number of nitrogens with two attached hydrogens (primary N) is 1. The van der Waals surface area contributed by atoms with Crippen LogP contribution in [0.3, 0.4) is 0 Å². The lowest BCUT2D eigenvalue weighted by atomic mass is 9.99. The van der Waals surface area contributed by atoms with E-state index in [1.807, 2.05) is 24.3 Å². The Morgan fingerprint density at radius 1 is 1.10 bits per heavy atom. The molecule has 3 nitrogen and oxygen atoms in total. The maximum absolute atomic E-state index is 12.9. The molecule has 0 aliphatic carbocycles. The molecule has 3 rings (SSSR count). The molecule has 1 heterocycles. The van der Waals surface area contributed by atoms with E-state index in [4.69, 9.17) is 10.3 Å². The molecule has 2 aromatic carbocycles. The molecule has 1 unspecified atom stereocenters. The van der Waals surface area contributed by atoms with E-state index < -0.39 is 0 Å². The van der Waals surface area contributed by atoms with Gasteiger partial charge in [0.1, 0.15) is 11.4 Å². The van der Waals surface area contributed by atoms with Crippen LogP contribution >= 0.6 is 0 Å². The van der Waals surface area contributed by atoms with Gasteiger partial charge in [-0.15, -0.1) is 0 Å². The van der Waals surface area contributed by atoms with Gasteiger partial charge in [-0.05, 0) is 30.2 Å². The number of benzene rings is 2. The summed E-state index contributed by atoms with van der Waals surface area (Å²) in [4.78, 5) is 0. The van der Waals surface area contributed by atoms with E-state index in [1.165, 1.54) is 12.1 Å². The van der Waals surface area contributed by atoms with Crippen LogP contribution in [0, 0.1) is 5.82 Å². The zero-order valence-corrected chi connectivity index (χ0v) is 10.8. The van der Waals surface area contributed by atoms with Gasteiger partial charge in [-0.2, -0.15) is 0 Å². The normalized spacial score (nSPS) is 12.7. The van der Waals surface area contributed by atoms with Crippen molar-refractivity contribution in [3.05, 3.63) is 71.7 Å². The van der Waals surface area contributed by atoms with Gasteiger partial charge in [0.25, 0.3) is 0 Å². The Hall–Kier alpha value is -2.17. The first-order chi connectivity index (χ1) is 9.78. The standard InChI is InChI=1S/C16H15FN2O/c17-12-7-5-11(6-8-12)9-15(19-18)14-10-20-16-4-2-1-3-13(14)16/h1-8,10,15,19H,9,18H2. The van der Waals surface area contributed by atoms with E-state index in [0.717, 1.165) is 22.1 Å². The maximum atomic E-state index is 12.9. The van der Waals surface area contributed by atoms with Crippen molar-refractivity contribution in [3.8, 4) is 0 Å². The molecule has 1 atom stereocenters. The zero-order chi connectivity index (χ0) is 13.9. The minimum atomic E-state index is -0.236. The molecular weight excluding hydrogens is 255 g/mol. The van der Waals surface area contributed by atoms with Crippen LogP contribution in [0.4, 0.5) is 4.39 Å². The summed E-state index contributed by atoms with van der Waals surface area (Å²) in [5.74, 6) is 5.43. The third kappa shape index (κ3) is 2.43. The summed E-state index contributed by atoms with van der Waals surface area (Å²) in [6, 6.07) is 14.2. The largest absolute Gasteiger partial charge is 0.464 e. The molecule has 3 aromatic rings. The average Bonchev–Trinajstić information content (AvgIpc) is 2.91.